The van der Waals surface area contributed by atoms with Crippen molar-refractivity contribution in [1.29, 1.82) is 0 Å². The number of carbonyl (C=O) groups excluding carboxylic acids is 1. The molecule has 3 atom stereocenters. The molecule has 1 aromatic carbocycles. The second kappa shape index (κ2) is 7.61. The van der Waals surface area contributed by atoms with Gasteiger partial charge in [0.2, 0.25) is 11.7 Å². The van der Waals surface area contributed by atoms with Gasteiger partial charge in [-0.05, 0) is 24.0 Å². The second-order valence-electron chi connectivity index (χ2n) is 8.21. The number of rotatable bonds is 3. The van der Waals surface area contributed by atoms with Gasteiger partial charge < -0.3 is 15.8 Å². The molecule has 1 saturated carbocycles. The van der Waals surface area contributed by atoms with Crippen LogP contribution in [0.15, 0.2) is 35.3 Å². The van der Waals surface area contributed by atoms with Crippen LogP contribution in [-0.2, 0) is 0 Å². The summed E-state index contributed by atoms with van der Waals surface area (Å²) in [4.78, 5) is 31.2. The number of amides is 1. The van der Waals surface area contributed by atoms with Crippen molar-refractivity contribution in [1.82, 2.24) is 9.97 Å². The van der Waals surface area contributed by atoms with Gasteiger partial charge in [0.15, 0.2) is 17.0 Å². The Balaban J connectivity index is 1.92. The summed E-state index contributed by atoms with van der Waals surface area (Å²) in [5.74, 6) is -10.3. The van der Waals surface area contributed by atoms with Crippen molar-refractivity contribution >= 4 is 16.8 Å². The van der Waals surface area contributed by atoms with E-state index in [2.05, 4.69) is 9.97 Å². The average Bonchev–Trinajstić information content (AvgIpc) is 2.71. The van der Waals surface area contributed by atoms with Crippen LogP contribution in [0.4, 0.5) is 17.6 Å². The van der Waals surface area contributed by atoms with Gasteiger partial charge in [-0.1, -0.05) is 13.0 Å². The Morgan fingerprint density at radius 1 is 1.25 bits per heavy atom. The molecule has 0 spiro atoms. The number of nitrogens with zero attached hydrogens (tertiary/aromatic N) is 1. The number of carbonyl (C=O) groups is 1. The molecule has 2 aromatic heterocycles. The van der Waals surface area contributed by atoms with Gasteiger partial charge in [-0.2, -0.15) is 4.39 Å². The maximum atomic E-state index is 14.5. The third-order valence-electron chi connectivity index (χ3n) is 6.04. The molecule has 1 aliphatic carbocycles. The fourth-order valence-corrected chi connectivity index (χ4v) is 4.78. The molecule has 1 aliphatic rings. The van der Waals surface area contributed by atoms with Gasteiger partial charge in [0.05, 0.1) is 10.9 Å². The van der Waals surface area contributed by atoms with Crippen LogP contribution < -0.4 is 11.2 Å². The number of hydrogen-bond acceptors (Lipinski definition) is 4. The van der Waals surface area contributed by atoms with Crippen LogP contribution in [0.5, 0.6) is 5.75 Å². The monoisotopic (exact) mass is 449 g/mol. The van der Waals surface area contributed by atoms with Crippen molar-refractivity contribution in [3.8, 4) is 5.75 Å². The summed E-state index contributed by atoms with van der Waals surface area (Å²) in [6.45, 7) is 1.53. The molecule has 168 valence electrons. The van der Waals surface area contributed by atoms with Gasteiger partial charge in [0, 0.05) is 42.3 Å². The molecule has 0 radical (unpaired) electrons. The Hall–Kier alpha value is -3.43. The van der Waals surface area contributed by atoms with Crippen LogP contribution in [-0.4, -0.2) is 26.9 Å². The molecule has 1 amide bonds. The number of nitrogens with one attached hydrogen (secondary N) is 1. The zero-order valence-corrected chi connectivity index (χ0v) is 16.8. The summed E-state index contributed by atoms with van der Waals surface area (Å²) >= 11 is 0. The molecule has 1 fully saturated rings. The van der Waals surface area contributed by atoms with E-state index >= 15 is 0 Å². The predicted molar refractivity (Wildman–Crippen MR) is 108 cm³/mol. The van der Waals surface area contributed by atoms with Crippen molar-refractivity contribution in [2.45, 2.75) is 37.5 Å². The van der Waals surface area contributed by atoms with Gasteiger partial charge in [-0.15, -0.1) is 0 Å². The van der Waals surface area contributed by atoms with Gasteiger partial charge in [0.25, 0.3) is 5.91 Å². The highest BCUT2D eigenvalue weighted by atomic mass is 19.3. The standard InChI is InChI=1S/C22H19F4N3O3/c1-9-7-22(25,26)8-11(16(9)10-2-3-12(23)18(24)20(10)31)14-6-15(30)17-13(29-14)4-5-28-19(17)21(27)32/h2-6,9,11,16,31H,7-8H2,1H3,(H2,27,32)(H,29,30)/t9?,11-,16?/m1/s1. The van der Waals surface area contributed by atoms with E-state index in [0.29, 0.717) is 0 Å². The number of phenolic OH excluding ortho intramolecular Hbond substituents is 1. The van der Waals surface area contributed by atoms with E-state index in [9.17, 15) is 32.3 Å². The van der Waals surface area contributed by atoms with E-state index in [1.165, 1.54) is 25.3 Å². The lowest BCUT2D eigenvalue weighted by atomic mass is 9.66. The van der Waals surface area contributed by atoms with Gasteiger partial charge >= 0.3 is 0 Å². The molecule has 0 aliphatic heterocycles. The number of benzene rings is 1. The molecule has 2 heterocycles. The average molecular weight is 449 g/mol. The maximum absolute atomic E-state index is 14.5. The van der Waals surface area contributed by atoms with E-state index in [0.717, 1.165) is 12.1 Å². The summed E-state index contributed by atoms with van der Waals surface area (Å²) in [5, 5.41) is 10.2. The predicted octanol–water partition coefficient (Wildman–Crippen LogP) is 3.94. The Bertz CT molecular complexity index is 1290. The summed E-state index contributed by atoms with van der Waals surface area (Å²) in [5.41, 5.74) is 4.64. The minimum Gasteiger partial charge on any atom is -0.505 e. The summed E-state index contributed by atoms with van der Waals surface area (Å²) in [6, 6.07) is 4.48. The van der Waals surface area contributed by atoms with Gasteiger partial charge in [-0.25, -0.2) is 13.2 Å². The number of aromatic nitrogens is 2. The van der Waals surface area contributed by atoms with Crippen LogP contribution in [0.3, 0.4) is 0 Å². The highest BCUT2D eigenvalue weighted by Crippen LogP contribution is 2.54. The molecule has 3 aromatic rings. The Morgan fingerprint density at radius 2 is 1.97 bits per heavy atom. The number of pyridine rings is 2. The first kappa shape index (κ1) is 21.8. The molecule has 0 bridgehead atoms. The molecular formula is C22H19F4N3O3. The third kappa shape index (κ3) is 3.59. The fraction of sp³-hybridized carbons (Fsp3) is 0.318. The van der Waals surface area contributed by atoms with Crippen molar-refractivity contribution < 1.29 is 27.5 Å². The van der Waals surface area contributed by atoms with E-state index in [-0.39, 0.29) is 27.9 Å². The topological polar surface area (TPSA) is 109 Å². The Morgan fingerprint density at radius 3 is 2.66 bits per heavy atom. The summed E-state index contributed by atoms with van der Waals surface area (Å²) in [7, 11) is 0. The normalized spacial score (nSPS) is 22.7. The Kier molecular flexibility index (Phi) is 5.18. The molecule has 0 saturated heterocycles. The lowest BCUT2D eigenvalue weighted by molar-refractivity contribution is -0.0646. The van der Waals surface area contributed by atoms with Crippen LogP contribution >= 0.6 is 0 Å². The molecule has 4 N–H and O–H groups in total. The first-order chi connectivity index (χ1) is 15.0. The number of aromatic amines is 1. The van der Waals surface area contributed by atoms with Crippen LogP contribution in [0.2, 0.25) is 0 Å². The van der Waals surface area contributed by atoms with E-state index < -0.39 is 65.2 Å². The summed E-state index contributed by atoms with van der Waals surface area (Å²) in [6.07, 6.45) is 0.0364. The van der Waals surface area contributed by atoms with Gasteiger partial charge in [-0.3, -0.25) is 14.6 Å². The molecular weight excluding hydrogens is 430 g/mol. The molecule has 32 heavy (non-hydrogen) atoms. The largest absolute Gasteiger partial charge is 0.505 e. The highest BCUT2D eigenvalue weighted by Gasteiger charge is 2.48. The Labute approximate surface area is 179 Å². The number of primary amides is 1. The van der Waals surface area contributed by atoms with E-state index in [1.807, 2.05) is 0 Å². The number of fused-ring (bicyclic) bond motifs is 1. The first-order valence-electron chi connectivity index (χ1n) is 9.86. The quantitative estimate of drug-likeness (QED) is 0.526. The number of H-pyrrole nitrogens is 1. The van der Waals surface area contributed by atoms with Crippen molar-refractivity contribution in [2.24, 2.45) is 11.7 Å². The number of nitrogens with two attached hydrogens (primary N) is 1. The van der Waals surface area contributed by atoms with Crippen molar-refractivity contribution in [3.63, 3.8) is 0 Å². The number of phenols is 1. The number of aromatic hydroxyl groups is 1. The molecule has 4 rings (SSSR count). The lowest BCUT2D eigenvalue weighted by Crippen LogP contribution is -2.36. The maximum Gasteiger partial charge on any atom is 0.268 e. The smallest absolute Gasteiger partial charge is 0.268 e. The second-order valence-corrected chi connectivity index (χ2v) is 8.21. The minimum atomic E-state index is -3.09. The minimum absolute atomic E-state index is 0.0228. The van der Waals surface area contributed by atoms with Gasteiger partial charge in [0.1, 0.15) is 5.69 Å². The van der Waals surface area contributed by atoms with Crippen LogP contribution in [0.1, 0.15) is 53.3 Å². The number of alkyl halides is 2. The number of halogens is 4. The SMILES string of the molecule is CC1CC(F)(F)C[C@H](c2cc(=O)c3c(C(N)=O)nccc3[nH]2)C1c1ccc(F)c(F)c1O. The number of hydrogen-bond donors (Lipinski definition) is 3. The molecule has 10 heteroatoms. The van der Waals surface area contributed by atoms with Crippen LogP contribution in [0, 0.1) is 17.6 Å². The van der Waals surface area contributed by atoms with Crippen LogP contribution in [0.25, 0.3) is 10.9 Å². The zero-order valence-electron chi connectivity index (χ0n) is 16.8. The van der Waals surface area contributed by atoms with E-state index in [1.54, 1.807) is 0 Å². The lowest BCUT2D eigenvalue weighted by Gasteiger charge is -2.41. The first-order valence-corrected chi connectivity index (χ1v) is 9.86. The zero-order chi connectivity index (χ0) is 23.4. The van der Waals surface area contributed by atoms with E-state index in [4.69, 9.17) is 5.73 Å². The van der Waals surface area contributed by atoms with Crippen molar-refractivity contribution in [3.05, 3.63) is 69.3 Å². The summed E-state index contributed by atoms with van der Waals surface area (Å²) < 4.78 is 56.7. The van der Waals surface area contributed by atoms with Crippen molar-refractivity contribution in [2.75, 3.05) is 0 Å². The third-order valence-corrected chi connectivity index (χ3v) is 6.04. The highest BCUT2D eigenvalue weighted by molar-refractivity contribution is 6.03. The fourth-order valence-electron chi connectivity index (χ4n) is 4.78. The molecule has 6 nitrogen and oxygen atoms in total. The molecule has 2 unspecified atom stereocenters.